The number of amides is 1. The second kappa shape index (κ2) is 6.31. The minimum atomic E-state index is -1.59. The molecule has 9 nitrogen and oxygen atoms in total. The Morgan fingerprint density at radius 1 is 1.39 bits per heavy atom. The second-order valence-electron chi connectivity index (χ2n) is 6.72. The average molecular weight is 381 g/mol. The van der Waals surface area contributed by atoms with Crippen molar-refractivity contribution in [3.05, 3.63) is 47.9 Å². The zero-order valence-corrected chi connectivity index (χ0v) is 15.4. The van der Waals surface area contributed by atoms with E-state index in [0.717, 1.165) is 0 Å². The second-order valence-corrected chi connectivity index (χ2v) is 6.72. The van der Waals surface area contributed by atoms with E-state index in [1.165, 1.54) is 12.0 Å². The number of likely N-dealkylation sites (tertiary alicyclic amines) is 1. The molecule has 28 heavy (non-hydrogen) atoms. The van der Waals surface area contributed by atoms with Crippen LogP contribution in [0.25, 0.3) is 16.9 Å². The fourth-order valence-corrected chi connectivity index (χ4v) is 3.49. The summed E-state index contributed by atoms with van der Waals surface area (Å²) in [6.07, 6.45) is 3.47. The Morgan fingerprint density at radius 2 is 2.18 bits per heavy atom. The molecule has 3 heterocycles. The number of nitrogens with zero attached hydrogens (tertiary/aromatic N) is 4. The largest absolute Gasteiger partial charge is 0.464 e. The molecule has 1 atom stereocenters. The molecule has 0 spiro atoms. The number of carbonyl (C=O) groups excluding carboxylic acids is 2. The van der Waals surface area contributed by atoms with E-state index in [9.17, 15) is 14.7 Å². The molecule has 1 aliphatic heterocycles. The summed E-state index contributed by atoms with van der Waals surface area (Å²) in [5.41, 5.74) is 6.31. The van der Waals surface area contributed by atoms with E-state index in [0.29, 0.717) is 35.4 Å². The van der Waals surface area contributed by atoms with E-state index in [1.54, 1.807) is 48.1 Å². The predicted octanol–water partition coefficient (Wildman–Crippen LogP) is 0.815. The van der Waals surface area contributed by atoms with Crippen molar-refractivity contribution < 1.29 is 19.4 Å². The monoisotopic (exact) mass is 381 g/mol. The van der Waals surface area contributed by atoms with Gasteiger partial charge in [0.15, 0.2) is 16.9 Å². The molecule has 1 aliphatic rings. The molecule has 3 N–H and O–H groups in total. The number of imidazole rings is 1. The number of ether oxygens (including phenoxy) is 1. The maximum absolute atomic E-state index is 12.4. The van der Waals surface area contributed by atoms with Crippen LogP contribution >= 0.6 is 0 Å². The Balaban J connectivity index is 1.90. The van der Waals surface area contributed by atoms with Gasteiger partial charge in [0, 0.05) is 38.0 Å². The lowest BCUT2D eigenvalue weighted by Crippen LogP contribution is -2.36. The van der Waals surface area contributed by atoms with Crippen LogP contribution in [0.5, 0.6) is 0 Å². The molecular formula is C19H19N5O4. The van der Waals surface area contributed by atoms with Gasteiger partial charge in [-0.3, -0.25) is 9.20 Å². The molecule has 0 aliphatic carbocycles. The number of likely N-dealkylation sites (N-methyl/N-ethyl adjacent to an activating group) is 1. The third-order valence-corrected chi connectivity index (χ3v) is 5.08. The molecule has 1 fully saturated rings. The molecule has 1 aromatic carbocycles. The van der Waals surface area contributed by atoms with Gasteiger partial charge in [0.25, 0.3) is 5.91 Å². The van der Waals surface area contributed by atoms with Crippen molar-refractivity contribution in [2.24, 2.45) is 0 Å². The highest BCUT2D eigenvalue weighted by molar-refractivity contribution is 5.94. The van der Waals surface area contributed by atoms with E-state index >= 15 is 0 Å². The molecule has 0 saturated carbocycles. The Kier molecular flexibility index (Phi) is 4.04. The van der Waals surface area contributed by atoms with E-state index in [4.69, 9.17) is 10.5 Å². The number of anilines is 1. The first kappa shape index (κ1) is 17.9. The number of rotatable bonds is 3. The van der Waals surface area contributed by atoms with Crippen LogP contribution in [0.1, 0.15) is 22.5 Å². The molecular weight excluding hydrogens is 362 g/mol. The van der Waals surface area contributed by atoms with Gasteiger partial charge in [0.05, 0.1) is 7.11 Å². The summed E-state index contributed by atoms with van der Waals surface area (Å²) in [6, 6.07) is 6.88. The molecule has 4 rings (SSSR count). The molecule has 144 valence electrons. The molecule has 2 aromatic heterocycles. The summed E-state index contributed by atoms with van der Waals surface area (Å²) in [5, 5.41) is 10.9. The number of nitrogen functional groups attached to an aromatic ring is 1. The maximum Gasteiger partial charge on any atom is 0.360 e. The zero-order chi connectivity index (χ0) is 20.1. The van der Waals surface area contributed by atoms with Crippen LogP contribution < -0.4 is 5.73 Å². The van der Waals surface area contributed by atoms with Gasteiger partial charge in [-0.2, -0.15) is 0 Å². The van der Waals surface area contributed by atoms with Crippen LogP contribution in [0.15, 0.2) is 36.7 Å². The lowest BCUT2D eigenvalue weighted by Gasteiger charge is -2.22. The third kappa shape index (κ3) is 2.51. The Bertz CT molecular complexity index is 1110. The number of hydrogen-bond donors (Lipinski definition) is 2. The summed E-state index contributed by atoms with van der Waals surface area (Å²) < 4.78 is 6.32. The van der Waals surface area contributed by atoms with Crippen molar-refractivity contribution >= 4 is 23.3 Å². The molecule has 1 amide bonds. The normalized spacial score (nSPS) is 19.4. The summed E-state index contributed by atoms with van der Waals surface area (Å²) in [6.45, 7) is 0.469. The lowest BCUT2D eigenvalue weighted by atomic mass is 9.90. The Morgan fingerprint density at radius 3 is 2.86 bits per heavy atom. The summed E-state index contributed by atoms with van der Waals surface area (Å²) >= 11 is 0. The fraction of sp³-hybridized carbons (Fsp3) is 0.263. The topological polar surface area (TPSA) is 123 Å². The van der Waals surface area contributed by atoms with Crippen molar-refractivity contribution in [3.63, 3.8) is 0 Å². The highest BCUT2D eigenvalue weighted by Gasteiger charge is 2.45. The Labute approximate surface area is 160 Å². The number of esters is 1. The molecule has 9 heteroatoms. The number of aromatic nitrogens is 3. The van der Waals surface area contributed by atoms with Crippen LogP contribution in [0.3, 0.4) is 0 Å². The molecule has 0 radical (unpaired) electrons. The Hall–Kier alpha value is -3.46. The number of fused-ring (bicyclic) bond motifs is 1. The third-order valence-electron chi connectivity index (χ3n) is 5.08. The lowest BCUT2D eigenvalue weighted by molar-refractivity contribution is -0.143. The summed E-state index contributed by atoms with van der Waals surface area (Å²) in [7, 11) is 2.90. The van der Waals surface area contributed by atoms with Gasteiger partial charge >= 0.3 is 5.97 Å². The first-order valence-corrected chi connectivity index (χ1v) is 8.66. The van der Waals surface area contributed by atoms with E-state index in [1.807, 2.05) is 0 Å². The first-order valence-electron chi connectivity index (χ1n) is 8.66. The van der Waals surface area contributed by atoms with Crippen LogP contribution in [0, 0.1) is 0 Å². The van der Waals surface area contributed by atoms with E-state index < -0.39 is 11.6 Å². The van der Waals surface area contributed by atoms with Gasteiger partial charge in [-0.15, -0.1) is 0 Å². The van der Waals surface area contributed by atoms with Gasteiger partial charge in [-0.05, 0) is 11.6 Å². The number of methoxy groups -OCH3 is 1. The first-order chi connectivity index (χ1) is 13.4. The van der Waals surface area contributed by atoms with Crippen LogP contribution in [0.4, 0.5) is 5.82 Å². The minimum absolute atomic E-state index is 0.0382. The quantitative estimate of drug-likeness (QED) is 0.644. The number of aliphatic hydroxyl groups is 1. The number of hydrogen-bond acceptors (Lipinski definition) is 7. The van der Waals surface area contributed by atoms with Crippen LogP contribution in [0.2, 0.25) is 0 Å². The van der Waals surface area contributed by atoms with Crippen molar-refractivity contribution in [1.29, 1.82) is 0 Å². The fourth-order valence-electron chi connectivity index (χ4n) is 3.49. The molecule has 3 aromatic rings. The highest BCUT2D eigenvalue weighted by atomic mass is 16.5. The minimum Gasteiger partial charge on any atom is -0.464 e. The number of benzene rings is 1. The smallest absolute Gasteiger partial charge is 0.360 e. The number of nitrogens with two attached hydrogens (primary N) is 1. The van der Waals surface area contributed by atoms with Gasteiger partial charge in [0.2, 0.25) is 0 Å². The summed E-state index contributed by atoms with van der Waals surface area (Å²) in [4.78, 5) is 34.7. The van der Waals surface area contributed by atoms with Gasteiger partial charge in [-0.1, -0.05) is 18.2 Å². The molecule has 0 bridgehead atoms. The van der Waals surface area contributed by atoms with Gasteiger partial charge in [-0.25, -0.2) is 14.8 Å². The molecule has 1 unspecified atom stereocenters. The van der Waals surface area contributed by atoms with Crippen molar-refractivity contribution in [2.75, 3.05) is 26.4 Å². The summed E-state index contributed by atoms with van der Waals surface area (Å²) in [5.74, 6) is -0.904. The zero-order valence-electron chi connectivity index (χ0n) is 15.4. The number of carbonyl (C=O) groups is 2. The maximum atomic E-state index is 12.4. The predicted molar refractivity (Wildman–Crippen MR) is 100 cm³/mol. The SMILES string of the molecule is COC(=O)c1nc(-c2cccc(C3(O)CCN(C)C3=O)c2)c2nccn2c1N. The molecule has 1 saturated heterocycles. The standard InChI is InChI=1S/C19H19N5O4/c1-23-8-6-19(27,18(23)26)12-5-3-4-11(10-12)13-16-21-7-9-24(16)15(20)14(22-13)17(25)28-2/h3-5,7,9-10,27H,6,8,20H2,1-2H3. The average Bonchev–Trinajstić information content (AvgIpc) is 3.30. The van der Waals surface area contributed by atoms with E-state index in [-0.39, 0.29) is 17.4 Å². The van der Waals surface area contributed by atoms with E-state index in [2.05, 4.69) is 9.97 Å². The van der Waals surface area contributed by atoms with Crippen LogP contribution in [-0.2, 0) is 15.1 Å². The van der Waals surface area contributed by atoms with Gasteiger partial charge in [0.1, 0.15) is 11.5 Å². The van der Waals surface area contributed by atoms with Crippen molar-refractivity contribution in [1.82, 2.24) is 19.3 Å². The van der Waals surface area contributed by atoms with Crippen LogP contribution in [-0.4, -0.2) is 57.0 Å². The van der Waals surface area contributed by atoms with Crippen molar-refractivity contribution in [3.8, 4) is 11.3 Å². The highest BCUT2D eigenvalue weighted by Crippen LogP contribution is 2.35. The van der Waals surface area contributed by atoms with Gasteiger partial charge < -0.3 is 20.5 Å². The van der Waals surface area contributed by atoms with Crippen molar-refractivity contribution in [2.45, 2.75) is 12.0 Å².